The number of fused-ring (bicyclic) bond motifs is 1. The quantitative estimate of drug-likeness (QED) is 0.180. The molecule has 7 rings (SSSR count). The number of carbonyl (C=O) groups is 1. The predicted molar refractivity (Wildman–Crippen MR) is 187 cm³/mol. The standard InChI is InChI=1S/C36H36N8OS/c1-3-42-17-19-43(20-18-42)30-13-11-28(12-14-30)39-35-37-16-15-31(40-35)34-33(41-36-44(34)21-22-46-36)27-9-6-10-29(23-27)38-32(45)24-26-8-5-4-7-25(26)2/h4-16,21-23H,3,17-20,24H2,1-2H3,(H,38,45)(H,37,39,40). The van der Waals surface area contributed by atoms with E-state index in [2.05, 4.69) is 61.0 Å². The van der Waals surface area contributed by atoms with Gasteiger partial charge in [0.2, 0.25) is 11.9 Å². The fourth-order valence-electron chi connectivity index (χ4n) is 5.92. The number of aromatic nitrogens is 4. The normalized spacial score (nSPS) is 13.7. The topological polar surface area (TPSA) is 90.7 Å². The Balaban J connectivity index is 1.11. The van der Waals surface area contributed by atoms with Crippen LogP contribution in [0.15, 0.2) is 96.6 Å². The maximum atomic E-state index is 12.9. The molecule has 1 aliphatic heterocycles. The fraction of sp³-hybridized carbons (Fsp3) is 0.222. The Labute approximate surface area is 272 Å². The number of hydrogen-bond donors (Lipinski definition) is 2. The Kier molecular flexibility index (Phi) is 8.45. The second kappa shape index (κ2) is 13.1. The number of carbonyl (C=O) groups excluding carboxylic acids is 1. The molecule has 1 aliphatic rings. The number of benzene rings is 3. The second-order valence-corrected chi connectivity index (χ2v) is 12.3. The molecule has 0 spiro atoms. The van der Waals surface area contributed by atoms with Crippen molar-refractivity contribution >= 4 is 45.2 Å². The third kappa shape index (κ3) is 6.35. The Hall–Kier alpha value is -5.06. The van der Waals surface area contributed by atoms with Gasteiger partial charge in [-0.1, -0.05) is 43.3 Å². The SMILES string of the molecule is CCN1CCN(c2ccc(Nc3nccc(-c4c(-c5cccc(NC(=O)Cc6ccccc6C)c5)nc5sccn45)n3)cc2)CC1. The lowest BCUT2D eigenvalue weighted by Crippen LogP contribution is -2.46. The van der Waals surface area contributed by atoms with Gasteiger partial charge in [0.25, 0.3) is 0 Å². The summed E-state index contributed by atoms with van der Waals surface area (Å²) < 4.78 is 2.06. The second-order valence-electron chi connectivity index (χ2n) is 11.5. The number of nitrogens with zero attached hydrogens (tertiary/aromatic N) is 6. The van der Waals surface area contributed by atoms with E-state index in [0.717, 1.165) is 82.8 Å². The van der Waals surface area contributed by atoms with Crippen molar-refractivity contribution in [2.24, 2.45) is 0 Å². The van der Waals surface area contributed by atoms with Gasteiger partial charge in [0.1, 0.15) is 5.69 Å². The molecule has 2 N–H and O–H groups in total. The van der Waals surface area contributed by atoms with E-state index in [0.29, 0.717) is 12.4 Å². The highest BCUT2D eigenvalue weighted by molar-refractivity contribution is 7.15. The number of amides is 1. The van der Waals surface area contributed by atoms with Gasteiger partial charge in [-0.3, -0.25) is 9.20 Å². The van der Waals surface area contributed by atoms with E-state index in [9.17, 15) is 4.79 Å². The summed E-state index contributed by atoms with van der Waals surface area (Å²) in [6, 6.07) is 26.2. The number of nitrogens with one attached hydrogen (secondary N) is 2. The summed E-state index contributed by atoms with van der Waals surface area (Å²) in [5.74, 6) is 0.450. The summed E-state index contributed by atoms with van der Waals surface area (Å²) in [4.78, 5) is 33.1. The minimum Gasteiger partial charge on any atom is -0.369 e. The monoisotopic (exact) mass is 628 g/mol. The van der Waals surface area contributed by atoms with Crippen molar-refractivity contribution < 1.29 is 4.79 Å². The van der Waals surface area contributed by atoms with Crippen molar-refractivity contribution in [2.45, 2.75) is 20.3 Å². The molecule has 0 aliphatic carbocycles. The number of likely N-dealkylation sites (N-methyl/N-ethyl adjacent to an activating group) is 1. The molecule has 0 atom stereocenters. The summed E-state index contributed by atoms with van der Waals surface area (Å²) in [6.45, 7) is 9.62. The van der Waals surface area contributed by atoms with Crippen molar-refractivity contribution in [1.82, 2.24) is 24.3 Å². The minimum atomic E-state index is -0.0592. The first-order chi connectivity index (χ1) is 22.5. The molecule has 4 heterocycles. The maximum Gasteiger partial charge on any atom is 0.228 e. The number of hydrogen-bond acceptors (Lipinski definition) is 8. The largest absolute Gasteiger partial charge is 0.369 e. The van der Waals surface area contributed by atoms with Gasteiger partial charge in [-0.15, -0.1) is 11.3 Å². The lowest BCUT2D eigenvalue weighted by molar-refractivity contribution is -0.115. The number of rotatable bonds is 9. The van der Waals surface area contributed by atoms with Crippen LogP contribution in [0.3, 0.4) is 0 Å². The molecule has 1 fully saturated rings. The molecular formula is C36H36N8OS. The molecule has 232 valence electrons. The lowest BCUT2D eigenvalue weighted by atomic mass is 10.1. The molecule has 0 radical (unpaired) electrons. The molecule has 1 amide bonds. The first-order valence-corrected chi connectivity index (χ1v) is 16.5. The van der Waals surface area contributed by atoms with Crippen molar-refractivity contribution in [2.75, 3.05) is 48.3 Å². The van der Waals surface area contributed by atoms with Crippen LogP contribution >= 0.6 is 11.3 Å². The van der Waals surface area contributed by atoms with Gasteiger partial charge in [0.05, 0.1) is 17.8 Å². The van der Waals surface area contributed by atoms with Crippen LogP contribution < -0.4 is 15.5 Å². The van der Waals surface area contributed by atoms with Crippen molar-refractivity contribution in [3.05, 3.63) is 108 Å². The van der Waals surface area contributed by atoms with E-state index in [1.54, 1.807) is 17.5 Å². The zero-order valence-corrected chi connectivity index (χ0v) is 26.8. The molecule has 9 nitrogen and oxygen atoms in total. The first kappa shape index (κ1) is 29.6. The molecule has 0 bridgehead atoms. The van der Waals surface area contributed by atoms with Crippen LogP contribution in [0.4, 0.5) is 23.0 Å². The summed E-state index contributed by atoms with van der Waals surface area (Å²) in [5.41, 5.74) is 8.30. The molecule has 3 aromatic heterocycles. The Bertz CT molecular complexity index is 1970. The number of imidazole rings is 1. The van der Waals surface area contributed by atoms with Gasteiger partial charge in [0.15, 0.2) is 4.96 Å². The minimum absolute atomic E-state index is 0.0592. The smallest absolute Gasteiger partial charge is 0.228 e. The van der Waals surface area contributed by atoms with E-state index in [-0.39, 0.29) is 5.91 Å². The fourth-order valence-corrected chi connectivity index (χ4v) is 6.63. The van der Waals surface area contributed by atoms with Crippen LogP contribution in [0.1, 0.15) is 18.1 Å². The summed E-state index contributed by atoms with van der Waals surface area (Å²) in [6.07, 6.45) is 4.09. The number of piperazine rings is 1. The van der Waals surface area contributed by atoms with Gasteiger partial charge in [0, 0.05) is 66.6 Å². The molecule has 0 unspecified atom stereocenters. The molecule has 46 heavy (non-hydrogen) atoms. The van der Waals surface area contributed by atoms with Crippen LogP contribution in [0, 0.1) is 6.92 Å². The summed E-state index contributed by atoms with van der Waals surface area (Å²) in [7, 11) is 0. The Morgan fingerprint density at radius 2 is 1.74 bits per heavy atom. The van der Waals surface area contributed by atoms with Gasteiger partial charge in [-0.05, 0) is 67.1 Å². The van der Waals surface area contributed by atoms with Crippen LogP contribution in [-0.2, 0) is 11.2 Å². The third-order valence-corrected chi connectivity index (χ3v) is 9.26. The van der Waals surface area contributed by atoms with E-state index < -0.39 is 0 Å². The number of aryl methyl sites for hydroxylation is 1. The van der Waals surface area contributed by atoms with Crippen molar-refractivity contribution in [3.63, 3.8) is 0 Å². The highest BCUT2D eigenvalue weighted by Crippen LogP contribution is 2.35. The molecule has 10 heteroatoms. The summed E-state index contributed by atoms with van der Waals surface area (Å²) in [5, 5.41) is 8.47. The number of anilines is 4. The first-order valence-electron chi connectivity index (χ1n) is 15.6. The Morgan fingerprint density at radius 1 is 0.913 bits per heavy atom. The van der Waals surface area contributed by atoms with Gasteiger partial charge in [-0.2, -0.15) is 0 Å². The molecule has 1 saturated heterocycles. The highest BCUT2D eigenvalue weighted by Gasteiger charge is 2.20. The predicted octanol–water partition coefficient (Wildman–Crippen LogP) is 6.89. The molecule has 6 aromatic rings. The van der Waals surface area contributed by atoms with Crippen LogP contribution in [-0.4, -0.2) is 62.9 Å². The van der Waals surface area contributed by atoms with E-state index >= 15 is 0 Å². The van der Waals surface area contributed by atoms with Crippen molar-refractivity contribution in [3.8, 4) is 22.6 Å². The zero-order valence-electron chi connectivity index (χ0n) is 26.0. The average molecular weight is 629 g/mol. The average Bonchev–Trinajstić information content (AvgIpc) is 3.69. The summed E-state index contributed by atoms with van der Waals surface area (Å²) >= 11 is 1.57. The zero-order chi connectivity index (χ0) is 31.5. The van der Waals surface area contributed by atoms with Gasteiger partial charge < -0.3 is 20.4 Å². The third-order valence-electron chi connectivity index (χ3n) is 8.50. The van der Waals surface area contributed by atoms with E-state index in [1.165, 1.54) is 5.69 Å². The van der Waals surface area contributed by atoms with Crippen molar-refractivity contribution in [1.29, 1.82) is 0 Å². The van der Waals surface area contributed by atoms with Crippen LogP contribution in [0.5, 0.6) is 0 Å². The molecular weight excluding hydrogens is 593 g/mol. The van der Waals surface area contributed by atoms with Gasteiger partial charge >= 0.3 is 0 Å². The van der Waals surface area contributed by atoms with E-state index in [4.69, 9.17) is 9.97 Å². The van der Waals surface area contributed by atoms with Gasteiger partial charge in [-0.25, -0.2) is 15.0 Å². The highest BCUT2D eigenvalue weighted by atomic mass is 32.1. The van der Waals surface area contributed by atoms with Crippen LogP contribution in [0.25, 0.3) is 27.6 Å². The molecule has 3 aromatic carbocycles. The Morgan fingerprint density at radius 3 is 2.54 bits per heavy atom. The van der Waals surface area contributed by atoms with E-state index in [1.807, 2.05) is 73.1 Å². The lowest BCUT2D eigenvalue weighted by Gasteiger charge is -2.35. The molecule has 0 saturated carbocycles. The number of thiazole rings is 1. The maximum absolute atomic E-state index is 12.9. The van der Waals surface area contributed by atoms with Crippen LogP contribution in [0.2, 0.25) is 0 Å².